The first-order valence-corrected chi connectivity index (χ1v) is 8.11. The zero-order chi connectivity index (χ0) is 14.3. The largest absolute Gasteiger partial charge is 0.336 e. The van der Waals surface area contributed by atoms with Crippen LogP contribution in [-0.4, -0.2) is 29.6 Å². The van der Waals surface area contributed by atoms with E-state index in [1.54, 1.807) is 0 Å². The summed E-state index contributed by atoms with van der Waals surface area (Å²) < 4.78 is 0. The minimum Gasteiger partial charge on any atom is -0.336 e. The lowest BCUT2D eigenvalue weighted by molar-refractivity contribution is 0.187. The van der Waals surface area contributed by atoms with Crippen LogP contribution in [0.15, 0.2) is 0 Å². The van der Waals surface area contributed by atoms with Crippen molar-refractivity contribution < 1.29 is 4.79 Å². The van der Waals surface area contributed by atoms with Crippen molar-refractivity contribution in [3.63, 3.8) is 0 Å². The van der Waals surface area contributed by atoms with Crippen LogP contribution in [-0.2, 0) is 0 Å². The molecule has 2 amide bonds. The molecule has 0 aliphatic heterocycles. The number of urea groups is 1. The van der Waals surface area contributed by atoms with Gasteiger partial charge < -0.3 is 10.2 Å². The van der Waals surface area contributed by atoms with Crippen LogP contribution in [0.5, 0.6) is 0 Å². The van der Waals surface area contributed by atoms with Crippen LogP contribution in [0, 0.1) is 5.92 Å². The molecular formula is C16H32N2O. The molecule has 1 rings (SSSR count). The van der Waals surface area contributed by atoms with Crippen molar-refractivity contribution >= 4 is 6.03 Å². The molecule has 19 heavy (non-hydrogen) atoms. The molecule has 3 nitrogen and oxygen atoms in total. The monoisotopic (exact) mass is 268 g/mol. The molecule has 0 heterocycles. The zero-order valence-corrected chi connectivity index (χ0v) is 13.2. The minimum absolute atomic E-state index is 0.159. The third-order valence-electron chi connectivity index (χ3n) is 3.81. The summed E-state index contributed by atoms with van der Waals surface area (Å²) in [7, 11) is 0. The van der Waals surface area contributed by atoms with Gasteiger partial charge in [0.2, 0.25) is 0 Å². The van der Waals surface area contributed by atoms with E-state index in [9.17, 15) is 4.79 Å². The van der Waals surface area contributed by atoms with Gasteiger partial charge in [-0.25, -0.2) is 4.79 Å². The van der Waals surface area contributed by atoms with E-state index in [1.807, 2.05) is 0 Å². The summed E-state index contributed by atoms with van der Waals surface area (Å²) in [5.41, 5.74) is 0. The van der Waals surface area contributed by atoms with Gasteiger partial charge >= 0.3 is 6.03 Å². The van der Waals surface area contributed by atoms with Gasteiger partial charge in [0.05, 0.1) is 0 Å². The average Bonchev–Trinajstić information content (AvgIpc) is 3.13. The Bertz CT molecular complexity index is 261. The standard InChI is InChI=1S/C16H32N2O/c1-5-6-7-8-14(4)17-16(19)18(15-9-10-15)12-11-13(2)3/h13-15H,5-12H2,1-4H3,(H,17,19). The Morgan fingerprint density at radius 2 is 1.89 bits per heavy atom. The summed E-state index contributed by atoms with van der Waals surface area (Å²) in [6.45, 7) is 9.69. The van der Waals surface area contributed by atoms with E-state index in [2.05, 4.69) is 37.9 Å². The molecule has 3 heteroatoms. The van der Waals surface area contributed by atoms with Gasteiger partial charge in [0.1, 0.15) is 0 Å². The van der Waals surface area contributed by atoms with E-state index < -0.39 is 0 Å². The lowest BCUT2D eigenvalue weighted by Crippen LogP contribution is -2.45. The maximum atomic E-state index is 12.3. The molecule has 1 N–H and O–H groups in total. The maximum Gasteiger partial charge on any atom is 0.317 e. The lowest BCUT2D eigenvalue weighted by Gasteiger charge is -2.26. The molecule has 1 atom stereocenters. The quantitative estimate of drug-likeness (QED) is 0.625. The average molecular weight is 268 g/mol. The van der Waals surface area contributed by atoms with Crippen molar-refractivity contribution in [3.05, 3.63) is 0 Å². The lowest BCUT2D eigenvalue weighted by atomic mass is 10.1. The molecule has 0 saturated heterocycles. The van der Waals surface area contributed by atoms with Gasteiger partial charge in [-0.15, -0.1) is 0 Å². The highest BCUT2D eigenvalue weighted by molar-refractivity contribution is 5.75. The second-order valence-corrected chi connectivity index (χ2v) is 6.45. The Hall–Kier alpha value is -0.730. The number of nitrogens with zero attached hydrogens (tertiary/aromatic N) is 1. The first-order chi connectivity index (χ1) is 9.04. The van der Waals surface area contributed by atoms with Crippen molar-refractivity contribution in [1.82, 2.24) is 10.2 Å². The van der Waals surface area contributed by atoms with E-state index in [-0.39, 0.29) is 6.03 Å². The van der Waals surface area contributed by atoms with Gasteiger partial charge in [-0.05, 0) is 38.5 Å². The molecule has 1 aliphatic carbocycles. The molecule has 0 aromatic carbocycles. The fourth-order valence-corrected chi connectivity index (χ4v) is 2.30. The second kappa shape index (κ2) is 8.44. The molecule has 0 bridgehead atoms. The fraction of sp³-hybridized carbons (Fsp3) is 0.938. The number of hydrogen-bond donors (Lipinski definition) is 1. The minimum atomic E-state index is 0.159. The summed E-state index contributed by atoms with van der Waals surface area (Å²) >= 11 is 0. The first kappa shape index (κ1) is 16.3. The van der Waals surface area contributed by atoms with E-state index in [0.29, 0.717) is 18.0 Å². The number of unbranched alkanes of at least 4 members (excludes halogenated alkanes) is 2. The van der Waals surface area contributed by atoms with E-state index in [1.165, 1.54) is 32.1 Å². The van der Waals surface area contributed by atoms with Crippen molar-refractivity contribution in [2.75, 3.05) is 6.54 Å². The van der Waals surface area contributed by atoms with Crippen LogP contribution in [0.3, 0.4) is 0 Å². The number of amides is 2. The second-order valence-electron chi connectivity index (χ2n) is 6.45. The number of hydrogen-bond acceptors (Lipinski definition) is 1. The summed E-state index contributed by atoms with van der Waals surface area (Å²) in [5, 5.41) is 3.17. The van der Waals surface area contributed by atoms with E-state index in [0.717, 1.165) is 19.4 Å². The maximum absolute atomic E-state index is 12.3. The molecule has 1 saturated carbocycles. The Morgan fingerprint density at radius 3 is 2.42 bits per heavy atom. The van der Waals surface area contributed by atoms with Crippen LogP contribution >= 0.6 is 0 Å². The predicted octanol–water partition coefficient (Wildman–Crippen LogP) is 4.18. The van der Waals surface area contributed by atoms with Gasteiger partial charge in [0.15, 0.2) is 0 Å². The summed E-state index contributed by atoms with van der Waals surface area (Å²) in [4.78, 5) is 14.4. The molecule has 1 aliphatic rings. The summed E-state index contributed by atoms with van der Waals surface area (Å²) in [5.74, 6) is 0.663. The predicted molar refractivity (Wildman–Crippen MR) is 81.3 cm³/mol. The number of rotatable bonds is 9. The SMILES string of the molecule is CCCCCC(C)NC(=O)N(CCC(C)C)C1CC1. The third-order valence-corrected chi connectivity index (χ3v) is 3.81. The van der Waals surface area contributed by atoms with E-state index in [4.69, 9.17) is 0 Å². The van der Waals surface area contributed by atoms with Gasteiger partial charge in [0.25, 0.3) is 0 Å². The smallest absolute Gasteiger partial charge is 0.317 e. The molecule has 0 radical (unpaired) electrons. The molecule has 0 spiro atoms. The topological polar surface area (TPSA) is 32.3 Å². The molecule has 112 valence electrons. The first-order valence-electron chi connectivity index (χ1n) is 8.11. The van der Waals surface area contributed by atoms with Gasteiger partial charge in [-0.2, -0.15) is 0 Å². The Balaban J connectivity index is 2.30. The normalized spacial score (nSPS) is 16.5. The van der Waals surface area contributed by atoms with Crippen LogP contribution in [0.4, 0.5) is 4.79 Å². The third kappa shape index (κ3) is 6.84. The van der Waals surface area contributed by atoms with Gasteiger partial charge in [-0.1, -0.05) is 40.0 Å². The highest BCUT2D eigenvalue weighted by Crippen LogP contribution is 2.27. The molecular weight excluding hydrogens is 236 g/mol. The molecule has 0 aromatic rings. The van der Waals surface area contributed by atoms with Crippen molar-refractivity contribution in [1.29, 1.82) is 0 Å². The van der Waals surface area contributed by atoms with Crippen LogP contribution in [0.1, 0.15) is 72.6 Å². The number of carbonyl (C=O) groups excluding carboxylic acids is 1. The number of carbonyl (C=O) groups is 1. The van der Waals surface area contributed by atoms with Gasteiger partial charge in [-0.3, -0.25) is 0 Å². The Kier molecular flexibility index (Phi) is 7.25. The fourth-order valence-electron chi connectivity index (χ4n) is 2.30. The van der Waals surface area contributed by atoms with Gasteiger partial charge in [0, 0.05) is 18.6 Å². The zero-order valence-electron chi connectivity index (χ0n) is 13.2. The Morgan fingerprint density at radius 1 is 1.21 bits per heavy atom. The van der Waals surface area contributed by atoms with Crippen LogP contribution in [0.2, 0.25) is 0 Å². The number of nitrogens with one attached hydrogen (secondary N) is 1. The molecule has 1 unspecified atom stereocenters. The highest BCUT2D eigenvalue weighted by atomic mass is 16.2. The highest BCUT2D eigenvalue weighted by Gasteiger charge is 2.32. The summed E-state index contributed by atoms with van der Waals surface area (Å²) in [6.07, 6.45) is 8.30. The molecule has 1 fully saturated rings. The molecule has 0 aromatic heterocycles. The van der Waals surface area contributed by atoms with Crippen molar-refractivity contribution in [2.45, 2.75) is 84.7 Å². The van der Waals surface area contributed by atoms with Crippen molar-refractivity contribution in [2.24, 2.45) is 5.92 Å². The Labute approximate surface area is 119 Å². The van der Waals surface area contributed by atoms with Crippen molar-refractivity contribution in [3.8, 4) is 0 Å². The van der Waals surface area contributed by atoms with E-state index >= 15 is 0 Å². The summed E-state index contributed by atoms with van der Waals surface area (Å²) in [6, 6.07) is 0.980. The van der Waals surface area contributed by atoms with Crippen LogP contribution < -0.4 is 5.32 Å². The van der Waals surface area contributed by atoms with Crippen LogP contribution in [0.25, 0.3) is 0 Å².